The molecule has 23 heavy (non-hydrogen) atoms. The van der Waals surface area contributed by atoms with E-state index in [1.165, 1.54) is 44.3 Å². The van der Waals surface area contributed by atoms with Crippen LogP contribution < -0.4 is 5.73 Å². The summed E-state index contributed by atoms with van der Waals surface area (Å²) in [4.78, 5) is 20.4. The van der Waals surface area contributed by atoms with Crippen LogP contribution in [0.4, 0.5) is 0 Å². The molecule has 5 nitrogen and oxygen atoms in total. The van der Waals surface area contributed by atoms with Crippen molar-refractivity contribution in [2.24, 2.45) is 11.7 Å². The van der Waals surface area contributed by atoms with E-state index in [1.807, 2.05) is 12.3 Å². The van der Waals surface area contributed by atoms with Gasteiger partial charge in [-0.25, -0.2) is 0 Å². The van der Waals surface area contributed by atoms with Crippen LogP contribution in [0.1, 0.15) is 37.8 Å². The van der Waals surface area contributed by atoms with Crippen molar-refractivity contribution in [2.45, 2.75) is 44.7 Å². The highest BCUT2D eigenvalue weighted by Crippen LogP contribution is 2.31. The number of hydrogen-bond donors (Lipinski definition) is 1. The van der Waals surface area contributed by atoms with Crippen molar-refractivity contribution in [2.75, 3.05) is 26.2 Å². The van der Waals surface area contributed by atoms with Gasteiger partial charge >= 0.3 is 0 Å². The molecule has 0 spiro atoms. The molecule has 2 fully saturated rings. The molecule has 2 N–H and O–H groups in total. The number of likely N-dealkylation sites (tertiary alicyclic amines) is 2. The standard InChI is InChI=1S/C18H28N4O/c19-18(23)14-21-11-7-15(8-12-21)17-6-2-4-10-22(17)13-16-5-1-3-9-20-16/h1,3,5,9,15,17H,2,4,6-8,10-14H2,(H2,19,23)/t17-/m0/s1. The van der Waals surface area contributed by atoms with Gasteiger partial charge in [0.25, 0.3) is 0 Å². The predicted octanol–water partition coefficient (Wildman–Crippen LogP) is 1.63. The second-order valence-electron chi connectivity index (χ2n) is 6.93. The Morgan fingerprint density at radius 1 is 1.17 bits per heavy atom. The third-order valence-corrected chi connectivity index (χ3v) is 5.31. The zero-order chi connectivity index (χ0) is 16.1. The van der Waals surface area contributed by atoms with Crippen molar-refractivity contribution in [3.63, 3.8) is 0 Å². The number of hydrogen-bond acceptors (Lipinski definition) is 4. The highest BCUT2D eigenvalue weighted by Gasteiger charge is 2.32. The Bertz CT molecular complexity index is 499. The molecule has 0 saturated carbocycles. The van der Waals surface area contributed by atoms with Crippen molar-refractivity contribution in [1.29, 1.82) is 0 Å². The number of primary amides is 1. The first kappa shape index (κ1) is 16.4. The van der Waals surface area contributed by atoms with Crippen LogP contribution in [0, 0.1) is 5.92 Å². The Kier molecular flexibility index (Phi) is 5.62. The summed E-state index contributed by atoms with van der Waals surface area (Å²) in [5, 5.41) is 0. The Labute approximate surface area is 138 Å². The molecule has 2 aliphatic rings. The normalized spacial score (nSPS) is 24.6. The van der Waals surface area contributed by atoms with E-state index in [2.05, 4.69) is 26.9 Å². The van der Waals surface area contributed by atoms with Crippen molar-refractivity contribution < 1.29 is 4.79 Å². The zero-order valence-corrected chi connectivity index (χ0v) is 13.9. The van der Waals surface area contributed by atoms with Gasteiger partial charge in [-0.3, -0.25) is 19.6 Å². The number of carbonyl (C=O) groups excluding carboxylic acids is 1. The van der Waals surface area contributed by atoms with Gasteiger partial charge in [-0.05, 0) is 63.4 Å². The lowest BCUT2D eigenvalue weighted by Crippen LogP contribution is -2.48. The molecular formula is C18H28N4O. The lowest BCUT2D eigenvalue weighted by atomic mass is 9.83. The Morgan fingerprint density at radius 2 is 2.00 bits per heavy atom. The highest BCUT2D eigenvalue weighted by atomic mass is 16.1. The number of nitrogens with zero attached hydrogens (tertiary/aromatic N) is 3. The van der Waals surface area contributed by atoms with E-state index in [4.69, 9.17) is 5.73 Å². The van der Waals surface area contributed by atoms with E-state index >= 15 is 0 Å². The molecule has 1 aromatic heterocycles. The molecule has 0 radical (unpaired) electrons. The molecule has 1 amide bonds. The monoisotopic (exact) mass is 316 g/mol. The van der Waals surface area contributed by atoms with Gasteiger partial charge in [0.1, 0.15) is 0 Å². The van der Waals surface area contributed by atoms with Crippen LogP contribution in [0.2, 0.25) is 0 Å². The third kappa shape index (κ3) is 4.52. The first-order valence-corrected chi connectivity index (χ1v) is 8.87. The van der Waals surface area contributed by atoms with Gasteiger partial charge in [-0.2, -0.15) is 0 Å². The maximum absolute atomic E-state index is 11.1. The van der Waals surface area contributed by atoms with Crippen LogP contribution in [0.25, 0.3) is 0 Å². The summed E-state index contributed by atoms with van der Waals surface area (Å²) in [6, 6.07) is 6.85. The molecule has 126 valence electrons. The maximum Gasteiger partial charge on any atom is 0.231 e. The first-order chi connectivity index (χ1) is 11.2. The second kappa shape index (κ2) is 7.88. The average molecular weight is 316 g/mol. The fourth-order valence-electron chi connectivity index (χ4n) is 4.16. The summed E-state index contributed by atoms with van der Waals surface area (Å²) in [6.45, 7) is 4.56. The first-order valence-electron chi connectivity index (χ1n) is 8.87. The summed E-state index contributed by atoms with van der Waals surface area (Å²) in [7, 11) is 0. The largest absolute Gasteiger partial charge is 0.369 e. The van der Waals surface area contributed by atoms with Crippen molar-refractivity contribution in [3.05, 3.63) is 30.1 Å². The number of piperidine rings is 2. The van der Waals surface area contributed by atoms with Crippen molar-refractivity contribution >= 4 is 5.91 Å². The van der Waals surface area contributed by atoms with Crippen molar-refractivity contribution in [1.82, 2.24) is 14.8 Å². The van der Waals surface area contributed by atoms with Crippen LogP contribution in [-0.4, -0.2) is 52.9 Å². The highest BCUT2D eigenvalue weighted by molar-refractivity contribution is 5.75. The number of pyridine rings is 1. The average Bonchev–Trinajstić information content (AvgIpc) is 2.57. The topological polar surface area (TPSA) is 62.5 Å². The summed E-state index contributed by atoms with van der Waals surface area (Å²) < 4.78 is 0. The zero-order valence-electron chi connectivity index (χ0n) is 13.9. The lowest BCUT2D eigenvalue weighted by molar-refractivity contribution is -0.119. The molecule has 1 atom stereocenters. The molecular weight excluding hydrogens is 288 g/mol. The minimum Gasteiger partial charge on any atom is -0.369 e. The Hall–Kier alpha value is -1.46. The molecule has 0 aromatic carbocycles. The second-order valence-corrected chi connectivity index (χ2v) is 6.93. The summed E-state index contributed by atoms with van der Waals surface area (Å²) in [6.07, 6.45) is 8.17. The fraction of sp³-hybridized carbons (Fsp3) is 0.667. The van der Waals surface area contributed by atoms with Crippen LogP contribution in [0.3, 0.4) is 0 Å². The van der Waals surface area contributed by atoms with E-state index in [-0.39, 0.29) is 5.91 Å². The Morgan fingerprint density at radius 3 is 2.70 bits per heavy atom. The maximum atomic E-state index is 11.1. The van der Waals surface area contributed by atoms with Gasteiger partial charge < -0.3 is 5.73 Å². The fourth-order valence-corrected chi connectivity index (χ4v) is 4.16. The number of aromatic nitrogens is 1. The molecule has 5 heteroatoms. The molecule has 0 bridgehead atoms. The summed E-state index contributed by atoms with van der Waals surface area (Å²) in [5.74, 6) is 0.529. The predicted molar refractivity (Wildman–Crippen MR) is 90.6 cm³/mol. The molecule has 0 aliphatic carbocycles. The van der Waals surface area contributed by atoms with Gasteiger partial charge in [0.2, 0.25) is 5.91 Å². The van der Waals surface area contributed by atoms with E-state index < -0.39 is 0 Å². The summed E-state index contributed by atoms with van der Waals surface area (Å²) in [5.41, 5.74) is 6.48. The number of rotatable bonds is 5. The van der Waals surface area contributed by atoms with Gasteiger partial charge in [0, 0.05) is 18.8 Å². The van der Waals surface area contributed by atoms with Crippen LogP contribution in [0.5, 0.6) is 0 Å². The van der Waals surface area contributed by atoms with E-state index in [0.29, 0.717) is 12.6 Å². The molecule has 3 rings (SSSR count). The van der Waals surface area contributed by atoms with Gasteiger partial charge in [0.15, 0.2) is 0 Å². The molecule has 3 heterocycles. The SMILES string of the molecule is NC(=O)CN1CCC([C@@H]2CCCCN2Cc2ccccn2)CC1. The van der Waals surface area contributed by atoms with Crippen LogP contribution in [0.15, 0.2) is 24.4 Å². The van der Waals surface area contributed by atoms with Crippen LogP contribution >= 0.6 is 0 Å². The smallest absolute Gasteiger partial charge is 0.231 e. The number of nitrogens with two attached hydrogens (primary N) is 1. The van der Waals surface area contributed by atoms with Crippen LogP contribution in [-0.2, 0) is 11.3 Å². The molecule has 1 aromatic rings. The molecule has 2 aliphatic heterocycles. The number of amides is 1. The van der Waals surface area contributed by atoms with E-state index in [1.54, 1.807) is 0 Å². The number of carbonyl (C=O) groups is 1. The van der Waals surface area contributed by atoms with E-state index in [9.17, 15) is 4.79 Å². The van der Waals surface area contributed by atoms with Crippen molar-refractivity contribution in [3.8, 4) is 0 Å². The van der Waals surface area contributed by atoms with Gasteiger partial charge in [0.05, 0.1) is 12.2 Å². The third-order valence-electron chi connectivity index (χ3n) is 5.31. The minimum absolute atomic E-state index is 0.210. The van der Waals surface area contributed by atoms with E-state index in [0.717, 1.165) is 25.6 Å². The minimum atomic E-state index is -0.210. The van der Waals surface area contributed by atoms with Gasteiger partial charge in [-0.15, -0.1) is 0 Å². The summed E-state index contributed by atoms with van der Waals surface area (Å²) >= 11 is 0. The molecule has 2 saturated heterocycles. The quantitative estimate of drug-likeness (QED) is 0.897. The molecule has 0 unspecified atom stereocenters. The lowest BCUT2D eigenvalue weighted by Gasteiger charge is -2.43. The van der Waals surface area contributed by atoms with Gasteiger partial charge in [-0.1, -0.05) is 12.5 Å². The Balaban J connectivity index is 1.58.